The van der Waals surface area contributed by atoms with Crippen molar-refractivity contribution in [1.29, 1.82) is 0 Å². The van der Waals surface area contributed by atoms with E-state index in [0.29, 0.717) is 11.3 Å². The summed E-state index contributed by atoms with van der Waals surface area (Å²) in [4.78, 5) is 4.25. The van der Waals surface area contributed by atoms with E-state index < -0.39 is 0 Å². The Labute approximate surface area is 99.5 Å². The Kier molecular flexibility index (Phi) is 3.54. The fourth-order valence-electron chi connectivity index (χ4n) is 1.89. The summed E-state index contributed by atoms with van der Waals surface area (Å²) in [5, 5.41) is 9.25. The van der Waals surface area contributed by atoms with E-state index in [2.05, 4.69) is 11.9 Å². The third kappa shape index (κ3) is 2.22. The van der Waals surface area contributed by atoms with Gasteiger partial charge >= 0.3 is 0 Å². The first kappa shape index (κ1) is 11.8. The second-order valence-electron chi connectivity index (χ2n) is 3.86. The standard InChI is InChI=1S/C13H15FN2O/c1-2-4-13-15-7-8-16(13)12-6-3-5-11(14)10(12)9-17/h3,5-8,17H,2,4,9H2,1H3. The number of aromatic nitrogens is 2. The minimum Gasteiger partial charge on any atom is -0.391 e. The van der Waals surface area contributed by atoms with Crippen molar-refractivity contribution >= 4 is 0 Å². The first-order chi connectivity index (χ1) is 8.27. The van der Waals surface area contributed by atoms with E-state index >= 15 is 0 Å². The van der Waals surface area contributed by atoms with Gasteiger partial charge in [0.2, 0.25) is 0 Å². The quantitative estimate of drug-likeness (QED) is 0.882. The molecule has 0 aliphatic carbocycles. The van der Waals surface area contributed by atoms with Gasteiger partial charge in [-0.2, -0.15) is 0 Å². The van der Waals surface area contributed by atoms with E-state index in [1.165, 1.54) is 6.07 Å². The summed E-state index contributed by atoms with van der Waals surface area (Å²) in [6, 6.07) is 4.78. The van der Waals surface area contributed by atoms with Gasteiger partial charge in [-0.15, -0.1) is 0 Å². The fourth-order valence-corrected chi connectivity index (χ4v) is 1.89. The molecule has 0 aliphatic heterocycles. The predicted octanol–water partition coefficient (Wildman–Crippen LogP) is 2.46. The Hall–Kier alpha value is -1.68. The molecular formula is C13H15FN2O. The second-order valence-corrected chi connectivity index (χ2v) is 3.86. The highest BCUT2D eigenvalue weighted by atomic mass is 19.1. The van der Waals surface area contributed by atoms with Crippen molar-refractivity contribution in [2.45, 2.75) is 26.4 Å². The molecule has 0 spiro atoms. The van der Waals surface area contributed by atoms with E-state index in [-0.39, 0.29) is 12.4 Å². The van der Waals surface area contributed by atoms with Gasteiger partial charge in [-0.05, 0) is 18.6 Å². The molecular weight excluding hydrogens is 219 g/mol. The lowest BCUT2D eigenvalue weighted by Crippen LogP contribution is -2.05. The van der Waals surface area contributed by atoms with Gasteiger partial charge in [0, 0.05) is 24.4 Å². The maximum atomic E-state index is 13.6. The lowest BCUT2D eigenvalue weighted by Gasteiger charge is -2.12. The summed E-state index contributed by atoms with van der Waals surface area (Å²) in [5.74, 6) is 0.494. The summed E-state index contributed by atoms with van der Waals surface area (Å²) in [5.41, 5.74) is 0.969. The normalized spacial score (nSPS) is 10.8. The van der Waals surface area contributed by atoms with Gasteiger partial charge in [0.1, 0.15) is 11.6 Å². The highest BCUT2D eigenvalue weighted by molar-refractivity contribution is 5.42. The maximum Gasteiger partial charge on any atom is 0.130 e. The van der Waals surface area contributed by atoms with Crippen LogP contribution in [0.4, 0.5) is 4.39 Å². The molecule has 1 aromatic heterocycles. The van der Waals surface area contributed by atoms with Crippen molar-refractivity contribution in [3.63, 3.8) is 0 Å². The van der Waals surface area contributed by atoms with Gasteiger partial charge in [0.15, 0.2) is 0 Å². The Morgan fingerprint density at radius 3 is 2.94 bits per heavy atom. The van der Waals surface area contributed by atoms with Gasteiger partial charge in [-0.3, -0.25) is 0 Å². The molecule has 0 saturated heterocycles. The highest BCUT2D eigenvalue weighted by Gasteiger charge is 2.11. The molecule has 0 atom stereocenters. The van der Waals surface area contributed by atoms with Crippen LogP contribution in [0.3, 0.4) is 0 Å². The molecule has 0 amide bonds. The van der Waals surface area contributed by atoms with Crippen molar-refractivity contribution in [3.8, 4) is 5.69 Å². The molecule has 0 saturated carbocycles. The van der Waals surface area contributed by atoms with E-state index in [1.807, 2.05) is 4.57 Å². The van der Waals surface area contributed by atoms with Crippen LogP contribution >= 0.6 is 0 Å². The number of halogens is 1. The summed E-state index contributed by atoms with van der Waals surface area (Å²) in [7, 11) is 0. The maximum absolute atomic E-state index is 13.6. The fraction of sp³-hybridized carbons (Fsp3) is 0.308. The second kappa shape index (κ2) is 5.10. The molecule has 1 N–H and O–H groups in total. The van der Waals surface area contributed by atoms with E-state index in [0.717, 1.165) is 18.7 Å². The van der Waals surface area contributed by atoms with Crippen LogP contribution in [0.15, 0.2) is 30.6 Å². The number of hydrogen-bond acceptors (Lipinski definition) is 2. The third-order valence-electron chi connectivity index (χ3n) is 2.70. The zero-order valence-corrected chi connectivity index (χ0v) is 9.73. The molecule has 0 radical (unpaired) electrons. The molecule has 0 unspecified atom stereocenters. The van der Waals surface area contributed by atoms with Crippen LogP contribution < -0.4 is 0 Å². The van der Waals surface area contributed by atoms with Gasteiger partial charge in [-0.1, -0.05) is 13.0 Å². The minimum atomic E-state index is -0.388. The number of benzene rings is 1. The van der Waals surface area contributed by atoms with Crippen molar-refractivity contribution in [3.05, 3.63) is 47.8 Å². The first-order valence-electron chi connectivity index (χ1n) is 5.68. The molecule has 0 bridgehead atoms. The summed E-state index contributed by atoms with van der Waals surface area (Å²) in [6.45, 7) is 1.75. The third-order valence-corrected chi connectivity index (χ3v) is 2.70. The largest absolute Gasteiger partial charge is 0.391 e. The lowest BCUT2D eigenvalue weighted by atomic mass is 10.1. The van der Waals surface area contributed by atoms with Crippen LogP contribution in [0, 0.1) is 5.82 Å². The zero-order valence-electron chi connectivity index (χ0n) is 9.73. The van der Waals surface area contributed by atoms with Crippen molar-refractivity contribution in [1.82, 2.24) is 9.55 Å². The Balaban J connectivity index is 2.52. The topological polar surface area (TPSA) is 38.0 Å². The molecule has 2 aromatic rings. The van der Waals surface area contributed by atoms with Crippen LogP contribution in [0.5, 0.6) is 0 Å². The Morgan fingerprint density at radius 2 is 2.24 bits per heavy atom. The average molecular weight is 234 g/mol. The lowest BCUT2D eigenvalue weighted by molar-refractivity contribution is 0.275. The van der Waals surface area contributed by atoms with Crippen molar-refractivity contribution in [2.24, 2.45) is 0 Å². The highest BCUT2D eigenvalue weighted by Crippen LogP contribution is 2.20. The van der Waals surface area contributed by atoms with Crippen molar-refractivity contribution in [2.75, 3.05) is 0 Å². The molecule has 4 heteroatoms. The van der Waals surface area contributed by atoms with Crippen LogP contribution in [0.2, 0.25) is 0 Å². The minimum absolute atomic E-state index is 0.308. The number of aryl methyl sites for hydroxylation is 1. The van der Waals surface area contributed by atoms with Gasteiger partial charge in [-0.25, -0.2) is 9.37 Å². The molecule has 90 valence electrons. The molecule has 17 heavy (non-hydrogen) atoms. The van der Waals surface area contributed by atoms with Crippen LogP contribution in [0.1, 0.15) is 24.7 Å². The van der Waals surface area contributed by atoms with Crippen molar-refractivity contribution < 1.29 is 9.50 Å². The number of nitrogens with zero attached hydrogens (tertiary/aromatic N) is 2. The number of aliphatic hydroxyl groups is 1. The predicted molar refractivity (Wildman–Crippen MR) is 63.4 cm³/mol. The smallest absolute Gasteiger partial charge is 0.130 e. The first-order valence-corrected chi connectivity index (χ1v) is 5.68. The van der Waals surface area contributed by atoms with E-state index in [1.54, 1.807) is 24.5 Å². The molecule has 1 heterocycles. The summed E-state index contributed by atoms with van der Waals surface area (Å²) in [6.07, 6.45) is 5.28. The zero-order chi connectivity index (χ0) is 12.3. The SMILES string of the molecule is CCCc1nccn1-c1cccc(F)c1CO. The van der Waals surface area contributed by atoms with Crippen LogP contribution in [-0.2, 0) is 13.0 Å². The Bertz CT molecular complexity index is 508. The molecule has 1 aromatic carbocycles. The number of rotatable bonds is 4. The van der Waals surface area contributed by atoms with Gasteiger partial charge in [0.25, 0.3) is 0 Å². The number of aliphatic hydroxyl groups excluding tert-OH is 1. The molecule has 0 aliphatic rings. The van der Waals surface area contributed by atoms with E-state index in [9.17, 15) is 9.50 Å². The van der Waals surface area contributed by atoms with Crippen LogP contribution in [0.25, 0.3) is 5.69 Å². The number of imidazole rings is 1. The monoisotopic (exact) mass is 234 g/mol. The van der Waals surface area contributed by atoms with Gasteiger partial charge in [0.05, 0.1) is 12.3 Å². The molecule has 2 rings (SSSR count). The Morgan fingerprint density at radius 1 is 1.41 bits per heavy atom. The molecule has 3 nitrogen and oxygen atoms in total. The van der Waals surface area contributed by atoms with Crippen LogP contribution in [-0.4, -0.2) is 14.7 Å². The summed E-state index contributed by atoms with van der Waals surface area (Å²) < 4.78 is 15.4. The van der Waals surface area contributed by atoms with Gasteiger partial charge < -0.3 is 9.67 Å². The number of hydrogen-bond donors (Lipinski definition) is 1. The van der Waals surface area contributed by atoms with E-state index in [4.69, 9.17) is 0 Å². The molecule has 0 fully saturated rings. The summed E-state index contributed by atoms with van der Waals surface area (Å²) >= 11 is 0. The average Bonchev–Trinajstić information content (AvgIpc) is 2.77.